The first-order valence-corrected chi connectivity index (χ1v) is 9.16. The summed E-state index contributed by atoms with van der Waals surface area (Å²) in [6, 6.07) is 12.0. The fourth-order valence-electron chi connectivity index (χ4n) is 2.47. The highest BCUT2D eigenvalue weighted by molar-refractivity contribution is 7.91. The lowest BCUT2D eigenvalue weighted by Gasteiger charge is -2.11. The van der Waals surface area contributed by atoms with Crippen LogP contribution in [0.4, 0.5) is 14.5 Å². The van der Waals surface area contributed by atoms with Crippen molar-refractivity contribution in [2.24, 2.45) is 7.05 Å². The van der Waals surface area contributed by atoms with Gasteiger partial charge in [-0.3, -0.25) is 9.36 Å². The highest BCUT2D eigenvalue weighted by Crippen LogP contribution is 2.20. The van der Waals surface area contributed by atoms with Gasteiger partial charge in [0.2, 0.25) is 9.84 Å². The summed E-state index contributed by atoms with van der Waals surface area (Å²) < 4.78 is 49.3. The minimum atomic E-state index is -4.62. The molecule has 0 radical (unpaired) electrons. The van der Waals surface area contributed by atoms with E-state index in [4.69, 9.17) is 0 Å². The average Bonchev–Trinajstić information content (AvgIpc) is 2.63. The van der Waals surface area contributed by atoms with Gasteiger partial charge in [0.25, 0.3) is 5.56 Å². The first-order chi connectivity index (χ1) is 12.3. The maximum absolute atomic E-state index is 12.5. The second-order valence-corrected chi connectivity index (χ2v) is 7.51. The van der Waals surface area contributed by atoms with Crippen LogP contribution in [0.2, 0.25) is 0 Å². The van der Waals surface area contributed by atoms with E-state index in [1.807, 2.05) is 0 Å². The molecule has 3 aromatic rings. The lowest BCUT2D eigenvalue weighted by molar-refractivity contribution is 0.234. The van der Waals surface area contributed by atoms with Gasteiger partial charge in [0.15, 0.2) is 0 Å². The van der Waals surface area contributed by atoms with Gasteiger partial charge in [-0.05, 0) is 36.4 Å². The molecule has 0 spiro atoms. The van der Waals surface area contributed by atoms with Crippen LogP contribution >= 0.6 is 0 Å². The molecule has 0 fully saturated rings. The van der Waals surface area contributed by atoms with Crippen LogP contribution in [0, 0.1) is 0 Å². The van der Waals surface area contributed by atoms with Crippen LogP contribution in [0.5, 0.6) is 0 Å². The Morgan fingerprint density at radius 1 is 1.12 bits per heavy atom. The maximum atomic E-state index is 12.5. The number of nitrogens with one attached hydrogen (secondary N) is 1. The molecular formula is C17H15F2N3O3S. The van der Waals surface area contributed by atoms with Crippen LogP contribution < -0.4 is 10.9 Å². The van der Waals surface area contributed by atoms with Crippen molar-refractivity contribution in [3.05, 3.63) is 64.7 Å². The molecule has 1 aromatic heterocycles. The van der Waals surface area contributed by atoms with Crippen molar-refractivity contribution in [1.29, 1.82) is 0 Å². The van der Waals surface area contributed by atoms with Gasteiger partial charge in [-0.15, -0.1) is 0 Å². The van der Waals surface area contributed by atoms with E-state index in [2.05, 4.69) is 10.3 Å². The third-order valence-corrected chi connectivity index (χ3v) is 5.34. The number of sulfone groups is 1. The zero-order chi connectivity index (χ0) is 18.9. The Morgan fingerprint density at radius 2 is 1.77 bits per heavy atom. The van der Waals surface area contributed by atoms with Crippen LogP contribution in [0.15, 0.2) is 58.2 Å². The third-order valence-electron chi connectivity index (χ3n) is 3.94. The molecule has 2 aromatic carbocycles. The second-order valence-electron chi connectivity index (χ2n) is 5.59. The van der Waals surface area contributed by atoms with Crippen molar-refractivity contribution in [3.8, 4) is 0 Å². The molecule has 0 unspecified atom stereocenters. The molecule has 0 saturated carbocycles. The Hall–Kier alpha value is -2.81. The van der Waals surface area contributed by atoms with Crippen molar-refractivity contribution in [2.75, 3.05) is 5.32 Å². The van der Waals surface area contributed by atoms with E-state index in [1.54, 1.807) is 31.3 Å². The van der Waals surface area contributed by atoms with Crippen molar-refractivity contribution in [1.82, 2.24) is 9.55 Å². The summed E-state index contributed by atoms with van der Waals surface area (Å²) in [5.41, 5.74) is 0.914. The second kappa shape index (κ2) is 6.83. The van der Waals surface area contributed by atoms with Gasteiger partial charge in [0.1, 0.15) is 5.82 Å². The van der Waals surface area contributed by atoms with Gasteiger partial charge in [0.05, 0.1) is 22.3 Å². The SMILES string of the molecule is Cn1c(CNc2ccc(S(=O)(=O)C(F)F)cc2)nc2ccccc2c1=O. The van der Waals surface area contributed by atoms with Gasteiger partial charge in [0, 0.05) is 12.7 Å². The fourth-order valence-corrected chi connectivity index (χ4v) is 3.19. The molecule has 1 N–H and O–H groups in total. The third kappa shape index (κ3) is 3.30. The number of anilines is 1. The molecule has 0 aliphatic rings. The molecule has 0 bridgehead atoms. The van der Waals surface area contributed by atoms with Crippen LogP contribution in [-0.2, 0) is 23.4 Å². The van der Waals surface area contributed by atoms with Crippen molar-refractivity contribution in [3.63, 3.8) is 0 Å². The Kier molecular flexibility index (Phi) is 4.73. The number of benzene rings is 2. The predicted octanol–water partition coefficient (Wildman–Crippen LogP) is 2.54. The van der Waals surface area contributed by atoms with Gasteiger partial charge in [-0.2, -0.15) is 8.78 Å². The lowest BCUT2D eigenvalue weighted by atomic mass is 10.2. The fraction of sp³-hybridized carbons (Fsp3) is 0.176. The average molecular weight is 379 g/mol. The normalized spacial score (nSPS) is 11.8. The first-order valence-electron chi connectivity index (χ1n) is 7.61. The van der Waals surface area contributed by atoms with E-state index in [1.165, 1.54) is 16.7 Å². The number of hydrogen-bond donors (Lipinski definition) is 1. The van der Waals surface area contributed by atoms with Crippen molar-refractivity contribution >= 4 is 26.4 Å². The van der Waals surface area contributed by atoms with Gasteiger partial charge >= 0.3 is 5.76 Å². The summed E-state index contributed by atoms with van der Waals surface area (Å²) >= 11 is 0. The van der Waals surface area contributed by atoms with E-state index >= 15 is 0 Å². The molecule has 26 heavy (non-hydrogen) atoms. The molecule has 3 rings (SSSR count). The molecule has 0 saturated heterocycles. The molecule has 1 heterocycles. The minimum Gasteiger partial charge on any atom is -0.378 e. The van der Waals surface area contributed by atoms with Gasteiger partial charge in [-0.1, -0.05) is 12.1 Å². The number of rotatable bonds is 5. The summed E-state index contributed by atoms with van der Waals surface area (Å²) in [6.45, 7) is 0.206. The Balaban J connectivity index is 1.83. The number of aromatic nitrogens is 2. The minimum absolute atomic E-state index is 0.175. The van der Waals surface area contributed by atoms with Crippen LogP contribution in [0.1, 0.15) is 5.82 Å². The van der Waals surface area contributed by atoms with Crippen LogP contribution in [0.25, 0.3) is 10.9 Å². The summed E-state index contributed by atoms with van der Waals surface area (Å²) in [5, 5.41) is 3.51. The molecule has 0 atom stereocenters. The molecular weight excluding hydrogens is 364 g/mol. The lowest BCUT2D eigenvalue weighted by Crippen LogP contribution is -2.23. The zero-order valence-corrected chi connectivity index (χ0v) is 14.5. The zero-order valence-electron chi connectivity index (χ0n) is 13.7. The Bertz CT molecular complexity index is 1110. The molecule has 6 nitrogen and oxygen atoms in total. The molecule has 9 heteroatoms. The predicted molar refractivity (Wildman–Crippen MR) is 93.9 cm³/mol. The number of hydrogen-bond acceptors (Lipinski definition) is 5. The Labute approximate surface area is 148 Å². The molecule has 136 valence electrons. The van der Waals surface area contributed by atoms with Crippen LogP contribution in [0.3, 0.4) is 0 Å². The van der Waals surface area contributed by atoms with E-state index in [-0.39, 0.29) is 12.1 Å². The monoisotopic (exact) mass is 379 g/mol. The summed E-state index contributed by atoms with van der Waals surface area (Å²) in [7, 11) is -3.01. The largest absolute Gasteiger partial charge is 0.378 e. The first kappa shape index (κ1) is 18.0. The van der Waals surface area contributed by atoms with Crippen LogP contribution in [-0.4, -0.2) is 23.7 Å². The smallest absolute Gasteiger partial charge is 0.341 e. The van der Waals surface area contributed by atoms with Crippen molar-refractivity contribution < 1.29 is 17.2 Å². The quantitative estimate of drug-likeness (QED) is 0.737. The van der Waals surface area contributed by atoms with E-state index in [0.29, 0.717) is 22.4 Å². The topological polar surface area (TPSA) is 81.1 Å². The van der Waals surface area contributed by atoms with E-state index in [9.17, 15) is 22.0 Å². The number of alkyl halides is 2. The van der Waals surface area contributed by atoms with Gasteiger partial charge < -0.3 is 5.32 Å². The number of para-hydroxylation sites is 1. The number of fused-ring (bicyclic) bond motifs is 1. The van der Waals surface area contributed by atoms with E-state index < -0.39 is 20.5 Å². The van der Waals surface area contributed by atoms with Gasteiger partial charge in [-0.25, -0.2) is 13.4 Å². The molecule has 0 amide bonds. The molecule has 0 aliphatic heterocycles. The Morgan fingerprint density at radius 3 is 2.42 bits per heavy atom. The maximum Gasteiger partial charge on any atom is 0.341 e. The summed E-state index contributed by atoms with van der Waals surface area (Å²) in [5.74, 6) is -2.98. The highest BCUT2D eigenvalue weighted by Gasteiger charge is 2.26. The van der Waals surface area contributed by atoms with Crippen molar-refractivity contribution in [2.45, 2.75) is 17.2 Å². The van der Waals surface area contributed by atoms with E-state index in [0.717, 1.165) is 12.1 Å². The number of halogens is 2. The summed E-state index contributed by atoms with van der Waals surface area (Å²) in [4.78, 5) is 16.3. The summed E-state index contributed by atoms with van der Waals surface area (Å²) in [6.07, 6.45) is 0. The molecule has 0 aliphatic carbocycles. The highest BCUT2D eigenvalue weighted by atomic mass is 32.2. The number of nitrogens with zero attached hydrogens (tertiary/aromatic N) is 2. The standard InChI is InChI=1S/C17H15F2N3O3S/c1-22-15(21-14-5-3-2-4-13(14)16(22)23)10-20-11-6-8-12(9-7-11)26(24,25)17(18)19/h2-9,17,20H,10H2,1H3.